The second-order valence-corrected chi connectivity index (χ2v) is 6.70. The minimum Gasteiger partial charge on any atom is -0.361 e. The molecule has 142 valence electrons. The van der Waals surface area contributed by atoms with Gasteiger partial charge in [-0.25, -0.2) is 9.07 Å². The van der Waals surface area contributed by atoms with Gasteiger partial charge < -0.3 is 9.84 Å². The maximum Gasteiger partial charge on any atom is 0.138 e. The van der Waals surface area contributed by atoms with Crippen molar-refractivity contribution in [1.82, 2.24) is 20.3 Å². The van der Waals surface area contributed by atoms with E-state index in [0.717, 1.165) is 39.5 Å². The molecule has 28 heavy (non-hydrogen) atoms. The van der Waals surface area contributed by atoms with E-state index in [2.05, 4.69) is 10.5 Å². The number of nitrogens with zero attached hydrogens (tertiary/aromatic N) is 3. The molecule has 4 rings (SSSR count). The highest BCUT2D eigenvalue weighted by Crippen LogP contribution is 2.24. The van der Waals surface area contributed by atoms with E-state index in [0.29, 0.717) is 13.1 Å². The topological polar surface area (TPSA) is 55.9 Å². The lowest BCUT2D eigenvalue weighted by Crippen LogP contribution is -2.13. The third-order valence-corrected chi connectivity index (χ3v) is 4.73. The zero-order chi connectivity index (χ0) is 19.5. The molecule has 5 nitrogen and oxygen atoms in total. The summed E-state index contributed by atoms with van der Waals surface area (Å²) >= 11 is 0. The standard InChI is InChI=1S/C22H21FN4O/c1-15-21(16(2)28-26-15)13-24-12-18-14-27(20-6-4-3-5-7-20)25-22(18)17-8-10-19(23)11-9-17/h3-11,14,24H,12-13H2,1-2H3. The first-order valence-corrected chi connectivity index (χ1v) is 9.14. The molecular formula is C22H21FN4O. The minimum absolute atomic E-state index is 0.260. The highest BCUT2D eigenvalue weighted by atomic mass is 19.1. The lowest BCUT2D eigenvalue weighted by atomic mass is 10.1. The van der Waals surface area contributed by atoms with Crippen molar-refractivity contribution in [2.75, 3.05) is 0 Å². The van der Waals surface area contributed by atoms with Crippen LogP contribution in [0.25, 0.3) is 16.9 Å². The van der Waals surface area contributed by atoms with E-state index in [1.165, 1.54) is 12.1 Å². The van der Waals surface area contributed by atoms with E-state index in [-0.39, 0.29) is 5.82 Å². The highest BCUT2D eigenvalue weighted by Gasteiger charge is 2.14. The Bertz CT molecular complexity index is 1050. The Hall–Kier alpha value is -3.25. The molecule has 1 N–H and O–H groups in total. The van der Waals surface area contributed by atoms with Crippen molar-refractivity contribution in [1.29, 1.82) is 0 Å². The molecule has 2 aromatic heterocycles. The van der Waals surface area contributed by atoms with Gasteiger partial charge in [0.25, 0.3) is 0 Å². The number of halogens is 1. The van der Waals surface area contributed by atoms with Gasteiger partial charge in [0.05, 0.1) is 17.1 Å². The molecular weight excluding hydrogens is 355 g/mol. The van der Waals surface area contributed by atoms with Crippen LogP contribution >= 0.6 is 0 Å². The molecule has 6 heteroatoms. The Balaban J connectivity index is 1.62. The quantitative estimate of drug-likeness (QED) is 0.535. The van der Waals surface area contributed by atoms with E-state index in [1.54, 1.807) is 12.1 Å². The van der Waals surface area contributed by atoms with E-state index in [4.69, 9.17) is 9.62 Å². The van der Waals surface area contributed by atoms with Gasteiger partial charge in [-0.05, 0) is 50.2 Å². The average molecular weight is 376 g/mol. The van der Waals surface area contributed by atoms with Crippen LogP contribution in [-0.4, -0.2) is 14.9 Å². The minimum atomic E-state index is -0.260. The second-order valence-electron chi connectivity index (χ2n) is 6.70. The molecule has 0 amide bonds. The predicted octanol–water partition coefficient (Wildman–Crippen LogP) is 4.57. The maximum absolute atomic E-state index is 13.4. The fourth-order valence-electron chi connectivity index (χ4n) is 3.18. The summed E-state index contributed by atoms with van der Waals surface area (Å²) in [5.41, 5.74) is 5.67. The average Bonchev–Trinajstić information content (AvgIpc) is 3.28. The molecule has 4 aromatic rings. The van der Waals surface area contributed by atoms with Crippen molar-refractivity contribution in [2.24, 2.45) is 0 Å². The largest absolute Gasteiger partial charge is 0.361 e. The molecule has 0 radical (unpaired) electrons. The Labute approximate surface area is 162 Å². The number of hydrogen-bond acceptors (Lipinski definition) is 4. The number of aryl methyl sites for hydroxylation is 2. The van der Waals surface area contributed by atoms with Crippen molar-refractivity contribution >= 4 is 0 Å². The van der Waals surface area contributed by atoms with Gasteiger partial charge in [0.1, 0.15) is 11.6 Å². The van der Waals surface area contributed by atoms with Gasteiger partial charge in [0.2, 0.25) is 0 Å². The van der Waals surface area contributed by atoms with Crippen molar-refractivity contribution in [3.63, 3.8) is 0 Å². The van der Waals surface area contributed by atoms with Gasteiger partial charge in [-0.15, -0.1) is 0 Å². The normalized spacial score (nSPS) is 11.1. The van der Waals surface area contributed by atoms with Crippen LogP contribution in [0.2, 0.25) is 0 Å². The molecule has 0 unspecified atom stereocenters. The molecule has 2 aromatic carbocycles. The Morgan fingerprint density at radius 1 is 1.00 bits per heavy atom. The fraction of sp³-hybridized carbons (Fsp3) is 0.182. The van der Waals surface area contributed by atoms with Crippen LogP contribution in [0.4, 0.5) is 4.39 Å². The summed E-state index contributed by atoms with van der Waals surface area (Å²) in [4.78, 5) is 0. The molecule has 0 fully saturated rings. The third-order valence-electron chi connectivity index (χ3n) is 4.73. The van der Waals surface area contributed by atoms with Crippen molar-refractivity contribution in [2.45, 2.75) is 26.9 Å². The van der Waals surface area contributed by atoms with E-state index < -0.39 is 0 Å². The summed E-state index contributed by atoms with van der Waals surface area (Å²) in [5, 5.41) is 12.2. The van der Waals surface area contributed by atoms with Crippen LogP contribution in [0, 0.1) is 19.7 Å². The summed E-state index contributed by atoms with van der Waals surface area (Å²) in [6.07, 6.45) is 2.01. The molecule has 0 aliphatic carbocycles. The van der Waals surface area contributed by atoms with Crippen LogP contribution in [0.3, 0.4) is 0 Å². The summed E-state index contributed by atoms with van der Waals surface area (Å²) in [6, 6.07) is 16.4. The molecule has 0 aliphatic rings. The van der Waals surface area contributed by atoms with Crippen molar-refractivity contribution < 1.29 is 8.91 Å². The first kappa shape index (κ1) is 18.1. The predicted molar refractivity (Wildman–Crippen MR) is 105 cm³/mol. The van der Waals surface area contributed by atoms with Gasteiger partial charge in [0, 0.05) is 36.0 Å². The van der Waals surface area contributed by atoms with Crippen LogP contribution in [0.15, 0.2) is 65.3 Å². The molecule has 0 aliphatic heterocycles. The first-order chi connectivity index (χ1) is 13.6. The van der Waals surface area contributed by atoms with Crippen molar-refractivity contribution in [3.05, 3.63) is 89.2 Å². The van der Waals surface area contributed by atoms with E-state index >= 15 is 0 Å². The molecule has 0 bridgehead atoms. The van der Waals surface area contributed by atoms with Crippen LogP contribution in [0.1, 0.15) is 22.6 Å². The monoisotopic (exact) mass is 376 g/mol. The molecule has 0 spiro atoms. The maximum atomic E-state index is 13.4. The zero-order valence-corrected chi connectivity index (χ0v) is 15.8. The van der Waals surface area contributed by atoms with E-state index in [1.807, 2.05) is 55.1 Å². The van der Waals surface area contributed by atoms with Gasteiger partial charge in [-0.1, -0.05) is 23.4 Å². The number of aromatic nitrogens is 3. The zero-order valence-electron chi connectivity index (χ0n) is 15.8. The third kappa shape index (κ3) is 3.73. The second kappa shape index (κ2) is 7.78. The number of rotatable bonds is 6. The first-order valence-electron chi connectivity index (χ1n) is 9.14. The molecule has 0 atom stereocenters. The SMILES string of the molecule is Cc1noc(C)c1CNCc1cn(-c2ccccc2)nc1-c1ccc(F)cc1. The van der Waals surface area contributed by atoms with Gasteiger partial charge >= 0.3 is 0 Å². The molecule has 2 heterocycles. The van der Waals surface area contributed by atoms with Crippen LogP contribution in [-0.2, 0) is 13.1 Å². The number of hydrogen-bond donors (Lipinski definition) is 1. The smallest absolute Gasteiger partial charge is 0.138 e. The summed E-state index contributed by atoms with van der Waals surface area (Å²) in [7, 11) is 0. The van der Waals surface area contributed by atoms with Crippen LogP contribution < -0.4 is 5.32 Å². The highest BCUT2D eigenvalue weighted by molar-refractivity contribution is 5.63. The number of para-hydroxylation sites is 1. The summed E-state index contributed by atoms with van der Waals surface area (Å²) in [5.74, 6) is 0.563. The van der Waals surface area contributed by atoms with Gasteiger partial charge in [0.15, 0.2) is 0 Å². The number of nitrogens with one attached hydrogen (secondary N) is 1. The lowest BCUT2D eigenvalue weighted by Gasteiger charge is -2.05. The Morgan fingerprint density at radius 2 is 1.75 bits per heavy atom. The Kier molecular flexibility index (Phi) is 5.04. The lowest BCUT2D eigenvalue weighted by molar-refractivity contribution is 0.392. The van der Waals surface area contributed by atoms with Gasteiger partial charge in [-0.2, -0.15) is 5.10 Å². The van der Waals surface area contributed by atoms with Gasteiger partial charge in [-0.3, -0.25) is 0 Å². The summed E-state index contributed by atoms with van der Waals surface area (Å²) in [6.45, 7) is 5.11. The number of benzene rings is 2. The summed E-state index contributed by atoms with van der Waals surface area (Å²) < 4.78 is 20.4. The van der Waals surface area contributed by atoms with E-state index in [9.17, 15) is 4.39 Å². The molecule has 0 saturated heterocycles. The fourth-order valence-corrected chi connectivity index (χ4v) is 3.18. The Morgan fingerprint density at radius 3 is 2.43 bits per heavy atom. The van der Waals surface area contributed by atoms with Crippen molar-refractivity contribution in [3.8, 4) is 16.9 Å². The molecule has 0 saturated carbocycles. The van der Waals surface area contributed by atoms with Crippen LogP contribution in [0.5, 0.6) is 0 Å².